The lowest BCUT2D eigenvalue weighted by molar-refractivity contribution is 0.289. The average molecular weight is 285 g/mol. The number of hydrogen-bond donors (Lipinski definition) is 1. The van der Waals surface area contributed by atoms with Gasteiger partial charge in [-0.25, -0.2) is 4.39 Å². The summed E-state index contributed by atoms with van der Waals surface area (Å²) < 4.78 is 19.7. The van der Waals surface area contributed by atoms with E-state index in [9.17, 15) is 4.39 Å². The fraction of sp³-hybridized carbons (Fsp3) is 0.333. The summed E-state index contributed by atoms with van der Waals surface area (Å²) in [5.74, 6) is 0.801. The van der Waals surface area contributed by atoms with Gasteiger partial charge in [-0.2, -0.15) is 0 Å². The SMILES string of the molecule is CCNCc1cc(-c2cccc3c2OCCC3)ccc1F. The van der Waals surface area contributed by atoms with Gasteiger partial charge in [-0.15, -0.1) is 0 Å². The number of benzene rings is 2. The maximum absolute atomic E-state index is 13.9. The molecule has 0 bridgehead atoms. The van der Waals surface area contributed by atoms with Crippen molar-refractivity contribution in [3.05, 3.63) is 53.3 Å². The second kappa shape index (κ2) is 6.27. The van der Waals surface area contributed by atoms with E-state index in [4.69, 9.17) is 4.74 Å². The molecule has 0 spiro atoms. The fourth-order valence-electron chi connectivity index (χ4n) is 2.75. The van der Waals surface area contributed by atoms with Crippen molar-refractivity contribution in [2.75, 3.05) is 13.2 Å². The Morgan fingerprint density at radius 3 is 3.00 bits per heavy atom. The lowest BCUT2D eigenvalue weighted by Gasteiger charge is -2.20. The molecule has 3 heteroatoms. The Morgan fingerprint density at radius 2 is 2.14 bits per heavy atom. The maximum Gasteiger partial charge on any atom is 0.130 e. The van der Waals surface area contributed by atoms with Crippen LogP contribution < -0.4 is 10.1 Å². The first-order valence-electron chi connectivity index (χ1n) is 7.54. The van der Waals surface area contributed by atoms with Crippen LogP contribution in [0.1, 0.15) is 24.5 Å². The molecule has 0 unspecified atom stereocenters. The Hall–Kier alpha value is -1.87. The molecule has 2 aromatic carbocycles. The Bertz CT molecular complexity index is 639. The molecule has 2 nitrogen and oxygen atoms in total. The molecule has 0 atom stereocenters. The van der Waals surface area contributed by atoms with E-state index in [1.54, 1.807) is 6.07 Å². The summed E-state index contributed by atoms with van der Waals surface area (Å²) in [7, 11) is 0. The zero-order chi connectivity index (χ0) is 14.7. The van der Waals surface area contributed by atoms with Crippen LogP contribution in [0.3, 0.4) is 0 Å². The first-order valence-corrected chi connectivity index (χ1v) is 7.54. The van der Waals surface area contributed by atoms with Crippen molar-refractivity contribution in [1.29, 1.82) is 0 Å². The number of fused-ring (bicyclic) bond motifs is 1. The van der Waals surface area contributed by atoms with Gasteiger partial charge in [-0.05, 0) is 42.6 Å². The second-order valence-electron chi connectivity index (χ2n) is 5.33. The highest BCUT2D eigenvalue weighted by atomic mass is 19.1. The lowest BCUT2D eigenvalue weighted by atomic mass is 9.96. The predicted octanol–water partition coefficient (Wildman–Crippen LogP) is 3.93. The molecule has 0 saturated carbocycles. The number of rotatable bonds is 4. The molecule has 0 radical (unpaired) electrons. The number of ether oxygens (including phenoxy) is 1. The van der Waals surface area contributed by atoms with Gasteiger partial charge in [0.25, 0.3) is 0 Å². The quantitative estimate of drug-likeness (QED) is 0.919. The third-order valence-electron chi connectivity index (χ3n) is 3.86. The van der Waals surface area contributed by atoms with Crippen molar-refractivity contribution in [2.24, 2.45) is 0 Å². The molecule has 1 aliphatic rings. The van der Waals surface area contributed by atoms with Crippen LogP contribution in [0.5, 0.6) is 5.75 Å². The monoisotopic (exact) mass is 285 g/mol. The molecule has 0 saturated heterocycles. The minimum absolute atomic E-state index is 0.162. The Kier molecular flexibility index (Phi) is 4.20. The zero-order valence-corrected chi connectivity index (χ0v) is 12.3. The van der Waals surface area contributed by atoms with E-state index in [-0.39, 0.29) is 5.82 Å². The molecule has 1 heterocycles. The largest absolute Gasteiger partial charge is 0.493 e. The molecule has 21 heavy (non-hydrogen) atoms. The highest BCUT2D eigenvalue weighted by Gasteiger charge is 2.16. The van der Waals surface area contributed by atoms with Gasteiger partial charge in [0, 0.05) is 17.7 Å². The minimum atomic E-state index is -0.162. The molecule has 3 rings (SSSR count). The van der Waals surface area contributed by atoms with Crippen molar-refractivity contribution in [1.82, 2.24) is 5.32 Å². The van der Waals surface area contributed by atoms with Crippen LogP contribution in [0.4, 0.5) is 4.39 Å². The number of halogens is 1. The van der Waals surface area contributed by atoms with E-state index in [0.29, 0.717) is 12.1 Å². The highest BCUT2D eigenvalue weighted by Crippen LogP contribution is 2.36. The van der Waals surface area contributed by atoms with E-state index >= 15 is 0 Å². The molecule has 1 N–H and O–H groups in total. The van der Waals surface area contributed by atoms with Crippen LogP contribution in [0.25, 0.3) is 11.1 Å². The predicted molar refractivity (Wildman–Crippen MR) is 83.0 cm³/mol. The summed E-state index contributed by atoms with van der Waals surface area (Å²) in [6.45, 7) is 4.15. The average Bonchev–Trinajstić information content (AvgIpc) is 2.54. The molecular formula is C18H20FNO. The number of para-hydroxylation sites is 1. The molecular weight excluding hydrogens is 265 g/mol. The van der Waals surface area contributed by atoms with Gasteiger partial charge >= 0.3 is 0 Å². The van der Waals surface area contributed by atoms with E-state index < -0.39 is 0 Å². The van der Waals surface area contributed by atoms with Crippen molar-refractivity contribution < 1.29 is 9.13 Å². The van der Waals surface area contributed by atoms with Crippen molar-refractivity contribution in [2.45, 2.75) is 26.3 Å². The molecule has 2 aromatic rings. The normalized spacial score (nSPS) is 13.6. The summed E-state index contributed by atoms with van der Waals surface area (Å²) in [6, 6.07) is 11.5. The summed E-state index contributed by atoms with van der Waals surface area (Å²) in [6.07, 6.45) is 2.11. The summed E-state index contributed by atoms with van der Waals surface area (Å²) >= 11 is 0. The van der Waals surface area contributed by atoms with Crippen LogP contribution >= 0.6 is 0 Å². The first-order chi connectivity index (χ1) is 10.3. The first kappa shape index (κ1) is 14.1. The Morgan fingerprint density at radius 1 is 1.24 bits per heavy atom. The van der Waals surface area contributed by atoms with Crippen LogP contribution in [-0.2, 0) is 13.0 Å². The minimum Gasteiger partial charge on any atom is -0.493 e. The third-order valence-corrected chi connectivity index (χ3v) is 3.86. The van der Waals surface area contributed by atoms with Gasteiger partial charge in [-0.1, -0.05) is 31.2 Å². The summed E-state index contributed by atoms with van der Waals surface area (Å²) in [5.41, 5.74) is 4.02. The second-order valence-corrected chi connectivity index (χ2v) is 5.33. The van der Waals surface area contributed by atoms with Crippen LogP contribution in [-0.4, -0.2) is 13.2 Å². The lowest BCUT2D eigenvalue weighted by Crippen LogP contribution is -2.13. The van der Waals surface area contributed by atoms with Crippen LogP contribution in [0.15, 0.2) is 36.4 Å². The van der Waals surface area contributed by atoms with Crippen LogP contribution in [0.2, 0.25) is 0 Å². The maximum atomic E-state index is 13.9. The fourth-order valence-corrected chi connectivity index (χ4v) is 2.75. The Labute approximate surface area is 125 Å². The number of nitrogens with one attached hydrogen (secondary N) is 1. The molecule has 0 aromatic heterocycles. The summed E-state index contributed by atoms with van der Waals surface area (Å²) in [4.78, 5) is 0. The van der Waals surface area contributed by atoms with E-state index in [1.807, 2.05) is 19.1 Å². The number of aryl methyl sites for hydroxylation is 1. The van der Waals surface area contributed by atoms with Crippen molar-refractivity contribution >= 4 is 0 Å². The number of hydrogen-bond acceptors (Lipinski definition) is 2. The zero-order valence-electron chi connectivity index (χ0n) is 12.3. The van der Waals surface area contributed by atoms with Crippen molar-refractivity contribution in [3.8, 4) is 16.9 Å². The topological polar surface area (TPSA) is 21.3 Å². The van der Waals surface area contributed by atoms with E-state index in [2.05, 4.69) is 23.5 Å². The van der Waals surface area contributed by atoms with Crippen LogP contribution in [0, 0.1) is 5.82 Å². The third kappa shape index (κ3) is 2.93. The van der Waals surface area contributed by atoms with Crippen molar-refractivity contribution in [3.63, 3.8) is 0 Å². The van der Waals surface area contributed by atoms with Gasteiger partial charge in [0.05, 0.1) is 6.61 Å². The Balaban J connectivity index is 2.00. The van der Waals surface area contributed by atoms with Gasteiger partial charge in [0.2, 0.25) is 0 Å². The molecule has 0 amide bonds. The van der Waals surface area contributed by atoms with Gasteiger partial charge in [0.1, 0.15) is 11.6 Å². The van der Waals surface area contributed by atoms with E-state index in [0.717, 1.165) is 42.9 Å². The smallest absolute Gasteiger partial charge is 0.130 e. The van der Waals surface area contributed by atoms with Gasteiger partial charge in [-0.3, -0.25) is 0 Å². The van der Waals surface area contributed by atoms with E-state index in [1.165, 1.54) is 5.56 Å². The molecule has 1 aliphatic heterocycles. The highest BCUT2D eigenvalue weighted by molar-refractivity contribution is 5.73. The molecule has 0 aliphatic carbocycles. The van der Waals surface area contributed by atoms with Gasteiger partial charge < -0.3 is 10.1 Å². The van der Waals surface area contributed by atoms with Gasteiger partial charge in [0.15, 0.2) is 0 Å². The summed E-state index contributed by atoms with van der Waals surface area (Å²) in [5, 5.41) is 3.18. The molecule has 110 valence electrons. The standard InChI is InChI=1S/C18H20FNO/c1-2-20-12-15-11-14(8-9-17(15)19)16-7-3-5-13-6-4-10-21-18(13)16/h3,5,7-9,11,20H,2,4,6,10,12H2,1H3. The molecule has 0 fully saturated rings.